The van der Waals surface area contributed by atoms with Crippen LogP contribution < -0.4 is 4.72 Å². The van der Waals surface area contributed by atoms with Gasteiger partial charge < -0.3 is 4.74 Å². The van der Waals surface area contributed by atoms with Crippen molar-refractivity contribution in [1.29, 1.82) is 0 Å². The Balaban J connectivity index is 1.97. The minimum absolute atomic E-state index is 0.0484. The Hall–Kier alpha value is -1.81. The molecule has 1 aliphatic heterocycles. The minimum Gasteiger partial charge on any atom is -0.381 e. The van der Waals surface area contributed by atoms with Gasteiger partial charge in [0.1, 0.15) is 5.82 Å². The second-order valence-corrected chi connectivity index (χ2v) is 11.4. The monoisotopic (exact) mass is 455 g/mol. The lowest BCUT2D eigenvalue weighted by Gasteiger charge is -2.23. The highest BCUT2D eigenvalue weighted by Gasteiger charge is 2.26. The lowest BCUT2D eigenvalue weighted by atomic mass is 10.0. The van der Waals surface area contributed by atoms with E-state index in [0.717, 1.165) is 25.0 Å². The summed E-state index contributed by atoms with van der Waals surface area (Å²) in [5.74, 6) is -0.492. The van der Waals surface area contributed by atoms with Crippen LogP contribution in [0.2, 0.25) is 0 Å². The summed E-state index contributed by atoms with van der Waals surface area (Å²) in [4.78, 5) is -0.294. The second kappa shape index (κ2) is 9.13. The van der Waals surface area contributed by atoms with Crippen LogP contribution in [0.25, 0.3) is 0 Å². The molecule has 0 aliphatic carbocycles. The molecular formula is C21H26FNO5S2. The van der Waals surface area contributed by atoms with Gasteiger partial charge in [0.15, 0.2) is 0 Å². The van der Waals surface area contributed by atoms with Gasteiger partial charge in [0.05, 0.1) is 14.7 Å². The molecule has 0 saturated carbocycles. The van der Waals surface area contributed by atoms with E-state index in [0.29, 0.717) is 18.8 Å². The van der Waals surface area contributed by atoms with Gasteiger partial charge in [0, 0.05) is 19.8 Å². The summed E-state index contributed by atoms with van der Waals surface area (Å²) in [6, 6.07) is 8.57. The fourth-order valence-electron chi connectivity index (χ4n) is 3.40. The summed E-state index contributed by atoms with van der Waals surface area (Å²) in [5.41, 5.74) is 0.535. The van der Waals surface area contributed by atoms with Crippen LogP contribution in [0.3, 0.4) is 0 Å². The molecular weight excluding hydrogens is 429 g/mol. The van der Waals surface area contributed by atoms with E-state index in [1.54, 1.807) is 0 Å². The van der Waals surface area contributed by atoms with Crippen LogP contribution in [0.4, 0.5) is 4.39 Å². The van der Waals surface area contributed by atoms with E-state index in [4.69, 9.17) is 4.74 Å². The number of hydrogen-bond acceptors (Lipinski definition) is 5. The first-order chi connectivity index (χ1) is 14.1. The Kier molecular flexibility index (Phi) is 6.96. The van der Waals surface area contributed by atoms with Crippen LogP contribution in [0, 0.1) is 11.7 Å². The molecule has 3 rings (SSSR count). The highest BCUT2D eigenvalue weighted by molar-refractivity contribution is 7.91. The largest absolute Gasteiger partial charge is 0.381 e. The summed E-state index contributed by atoms with van der Waals surface area (Å²) >= 11 is 0. The third-order valence-electron chi connectivity index (χ3n) is 5.23. The van der Waals surface area contributed by atoms with Crippen LogP contribution in [0.1, 0.15) is 38.2 Å². The highest BCUT2D eigenvalue weighted by atomic mass is 32.2. The SMILES string of the molecule is CC(C)c1ccc(S(=O)(=O)c2ccc(F)cc2)cc1S(=O)(=O)NCC1CCOCC1. The van der Waals surface area contributed by atoms with Gasteiger partial charge in [-0.05, 0) is 66.6 Å². The van der Waals surface area contributed by atoms with Gasteiger partial charge in [-0.3, -0.25) is 0 Å². The standard InChI is InChI=1S/C21H26FNO5S2/c1-15(2)20-8-7-19(29(24,25)18-5-3-17(22)4-6-18)13-21(20)30(26,27)23-14-16-9-11-28-12-10-16/h3-8,13,15-16,23H,9-12,14H2,1-2H3. The molecule has 164 valence electrons. The van der Waals surface area contributed by atoms with Crippen molar-refractivity contribution in [2.75, 3.05) is 19.8 Å². The van der Waals surface area contributed by atoms with Crippen LogP contribution >= 0.6 is 0 Å². The lowest BCUT2D eigenvalue weighted by molar-refractivity contribution is 0.0678. The molecule has 1 fully saturated rings. The van der Waals surface area contributed by atoms with Crippen molar-refractivity contribution in [3.05, 3.63) is 53.8 Å². The molecule has 0 atom stereocenters. The van der Waals surface area contributed by atoms with Gasteiger partial charge in [-0.1, -0.05) is 19.9 Å². The number of ether oxygens (including phenoxy) is 1. The third kappa shape index (κ3) is 5.08. The maximum absolute atomic E-state index is 13.2. The topological polar surface area (TPSA) is 89.5 Å². The Morgan fingerprint density at radius 3 is 2.20 bits per heavy atom. The van der Waals surface area contributed by atoms with Gasteiger partial charge in [0.25, 0.3) is 0 Å². The van der Waals surface area contributed by atoms with Gasteiger partial charge in [-0.2, -0.15) is 0 Å². The molecule has 0 amide bonds. The second-order valence-electron chi connectivity index (χ2n) is 7.72. The van der Waals surface area contributed by atoms with Crippen LogP contribution in [0.15, 0.2) is 57.2 Å². The number of nitrogens with one attached hydrogen (secondary N) is 1. The van der Waals surface area contributed by atoms with Gasteiger partial charge >= 0.3 is 0 Å². The molecule has 2 aromatic rings. The van der Waals surface area contributed by atoms with Crippen molar-refractivity contribution in [1.82, 2.24) is 4.72 Å². The molecule has 30 heavy (non-hydrogen) atoms. The minimum atomic E-state index is -3.99. The summed E-state index contributed by atoms with van der Waals surface area (Å²) in [6.07, 6.45) is 1.55. The van der Waals surface area contributed by atoms with Crippen molar-refractivity contribution >= 4 is 19.9 Å². The van der Waals surface area contributed by atoms with E-state index in [2.05, 4.69) is 4.72 Å². The van der Waals surface area contributed by atoms with Gasteiger partial charge in [0.2, 0.25) is 19.9 Å². The quantitative estimate of drug-likeness (QED) is 0.646. The van der Waals surface area contributed by atoms with Crippen LogP contribution in [-0.4, -0.2) is 36.6 Å². The Bertz CT molecular complexity index is 1090. The van der Waals surface area contributed by atoms with E-state index in [1.165, 1.54) is 30.3 Å². The summed E-state index contributed by atoms with van der Waals surface area (Å²) in [7, 11) is -7.91. The van der Waals surface area contributed by atoms with Gasteiger partial charge in [-0.25, -0.2) is 25.9 Å². The first kappa shape index (κ1) is 22.9. The smallest absolute Gasteiger partial charge is 0.240 e. The normalized spacial score (nSPS) is 16.1. The fraction of sp³-hybridized carbons (Fsp3) is 0.429. The van der Waals surface area contributed by atoms with Crippen molar-refractivity contribution in [3.63, 3.8) is 0 Å². The number of benzene rings is 2. The van der Waals surface area contributed by atoms with Crippen molar-refractivity contribution in [2.24, 2.45) is 5.92 Å². The maximum Gasteiger partial charge on any atom is 0.240 e. The summed E-state index contributed by atoms with van der Waals surface area (Å²) in [6.45, 7) is 5.18. The molecule has 1 aliphatic rings. The van der Waals surface area contributed by atoms with E-state index in [-0.39, 0.29) is 33.1 Å². The van der Waals surface area contributed by atoms with Crippen LogP contribution in [0.5, 0.6) is 0 Å². The predicted molar refractivity (Wildman–Crippen MR) is 111 cm³/mol. The summed E-state index contributed by atoms with van der Waals surface area (Å²) < 4.78 is 73.2. The molecule has 0 aromatic heterocycles. The first-order valence-electron chi connectivity index (χ1n) is 9.83. The fourth-order valence-corrected chi connectivity index (χ4v) is 6.27. The van der Waals surface area contributed by atoms with Crippen LogP contribution in [-0.2, 0) is 24.6 Å². The average molecular weight is 456 g/mol. The lowest BCUT2D eigenvalue weighted by Crippen LogP contribution is -2.32. The zero-order valence-electron chi connectivity index (χ0n) is 17.0. The number of sulfone groups is 1. The van der Waals surface area contributed by atoms with Crippen molar-refractivity contribution < 1.29 is 26.0 Å². The molecule has 9 heteroatoms. The highest BCUT2D eigenvalue weighted by Crippen LogP contribution is 2.30. The van der Waals surface area contributed by atoms with Crippen molar-refractivity contribution in [2.45, 2.75) is 47.3 Å². The Morgan fingerprint density at radius 1 is 1.00 bits per heavy atom. The third-order valence-corrected chi connectivity index (χ3v) is 8.48. The molecule has 0 unspecified atom stereocenters. The molecule has 1 saturated heterocycles. The molecule has 6 nitrogen and oxygen atoms in total. The molecule has 0 bridgehead atoms. The number of halogens is 1. The van der Waals surface area contributed by atoms with Gasteiger partial charge in [-0.15, -0.1) is 0 Å². The first-order valence-corrected chi connectivity index (χ1v) is 12.8. The predicted octanol–water partition coefficient (Wildman–Crippen LogP) is 3.49. The summed E-state index contributed by atoms with van der Waals surface area (Å²) in [5, 5.41) is 0. The van der Waals surface area contributed by atoms with E-state index >= 15 is 0 Å². The molecule has 0 spiro atoms. The maximum atomic E-state index is 13.2. The number of sulfonamides is 1. The van der Waals surface area contributed by atoms with Crippen molar-refractivity contribution in [3.8, 4) is 0 Å². The molecule has 0 radical (unpaired) electrons. The zero-order chi connectivity index (χ0) is 21.9. The average Bonchev–Trinajstić information content (AvgIpc) is 2.73. The zero-order valence-corrected chi connectivity index (χ0v) is 18.6. The van der Waals surface area contributed by atoms with E-state index in [1.807, 2.05) is 13.8 Å². The number of hydrogen-bond donors (Lipinski definition) is 1. The molecule has 1 heterocycles. The number of rotatable bonds is 7. The van der Waals surface area contributed by atoms with E-state index in [9.17, 15) is 21.2 Å². The Morgan fingerprint density at radius 2 is 1.60 bits per heavy atom. The Labute approximate surface area is 177 Å². The molecule has 1 N–H and O–H groups in total. The molecule has 2 aromatic carbocycles. The van der Waals surface area contributed by atoms with E-state index < -0.39 is 25.7 Å².